The van der Waals surface area contributed by atoms with Crippen LogP contribution in [-0.2, 0) is 0 Å². The van der Waals surface area contributed by atoms with Crippen LogP contribution >= 0.6 is 12.4 Å². The predicted octanol–water partition coefficient (Wildman–Crippen LogP) is 2.09. The first-order chi connectivity index (χ1) is 6.79. The molecule has 1 N–H and O–H groups in total. The zero-order chi connectivity index (χ0) is 9.97. The maximum atomic E-state index is 10.8. The van der Waals surface area contributed by atoms with Gasteiger partial charge in [0.05, 0.1) is 4.92 Å². The third kappa shape index (κ3) is 2.46. The van der Waals surface area contributed by atoms with Gasteiger partial charge in [-0.05, 0) is 13.0 Å². The Labute approximate surface area is 94.2 Å². The molecule has 0 spiro atoms. The quantitative estimate of drug-likeness (QED) is 0.623. The molecule has 0 saturated carbocycles. The number of rotatable bonds is 2. The molecule has 1 atom stereocenters. The summed E-state index contributed by atoms with van der Waals surface area (Å²) in [6, 6.07) is 7.01. The number of nitrogens with one attached hydrogen (secondary N) is 1. The molecule has 5 heteroatoms. The van der Waals surface area contributed by atoms with E-state index < -0.39 is 0 Å². The van der Waals surface area contributed by atoms with E-state index in [4.69, 9.17) is 0 Å². The van der Waals surface area contributed by atoms with Gasteiger partial charge in [0.15, 0.2) is 0 Å². The summed E-state index contributed by atoms with van der Waals surface area (Å²) in [7, 11) is 0. The number of halogens is 1. The maximum Gasteiger partial charge on any atom is 0.272 e. The third-order valence-electron chi connectivity index (χ3n) is 2.63. The van der Waals surface area contributed by atoms with Crippen molar-refractivity contribution in [1.29, 1.82) is 0 Å². The topological polar surface area (TPSA) is 55.2 Å². The Hall–Kier alpha value is -1.13. The molecule has 0 bridgehead atoms. The van der Waals surface area contributed by atoms with Gasteiger partial charge in [-0.2, -0.15) is 0 Å². The maximum absolute atomic E-state index is 10.8. The van der Waals surface area contributed by atoms with Crippen LogP contribution in [0.4, 0.5) is 5.69 Å². The van der Waals surface area contributed by atoms with Gasteiger partial charge in [-0.15, -0.1) is 12.4 Å². The van der Waals surface area contributed by atoms with Crippen LogP contribution in [-0.4, -0.2) is 18.0 Å². The molecule has 0 aromatic heterocycles. The van der Waals surface area contributed by atoms with E-state index in [9.17, 15) is 10.1 Å². The van der Waals surface area contributed by atoms with Crippen LogP contribution in [0, 0.1) is 10.1 Å². The number of benzene rings is 1. The predicted molar refractivity (Wildman–Crippen MR) is 60.6 cm³/mol. The first-order valence-electron chi connectivity index (χ1n) is 4.73. The standard InChI is InChI=1S/C10H12N2O2.ClH/c13-12(14)10-4-2-1-3-9(10)8-5-6-11-7-8;/h1-4,8,11H,5-7H2;1H. The summed E-state index contributed by atoms with van der Waals surface area (Å²) in [5.41, 5.74) is 1.11. The Morgan fingerprint density at radius 3 is 2.73 bits per heavy atom. The van der Waals surface area contributed by atoms with Crippen LogP contribution in [0.2, 0.25) is 0 Å². The smallest absolute Gasteiger partial charge is 0.272 e. The van der Waals surface area contributed by atoms with Gasteiger partial charge in [0.1, 0.15) is 0 Å². The van der Waals surface area contributed by atoms with Gasteiger partial charge in [0, 0.05) is 24.1 Å². The normalized spacial score (nSPS) is 19.6. The van der Waals surface area contributed by atoms with Gasteiger partial charge in [-0.3, -0.25) is 10.1 Å². The second kappa shape index (κ2) is 5.09. The number of hydrogen-bond acceptors (Lipinski definition) is 3. The molecule has 0 radical (unpaired) electrons. The van der Waals surface area contributed by atoms with E-state index in [-0.39, 0.29) is 23.0 Å². The van der Waals surface area contributed by atoms with Crippen molar-refractivity contribution in [3.63, 3.8) is 0 Å². The zero-order valence-electron chi connectivity index (χ0n) is 8.18. The third-order valence-corrected chi connectivity index (χ3v) is 2.63. The fraction of sp³-hybridized carbons (Fsp3) is 0.400. The lowest BCUT2D eigenvalue weighted by atomic mass is 9.97. The molecule has 1 aromatic carbocycles. The average molecular weight is 229 g/mol. The van der Waals surface area contributed by atoms with Crippen LogP contribution in [0.3, 0.4) is 0 Å². The van der Waals surface area contributed by atoms with E-state index >= 15 is 0 Å². The molecule has 1 aliphatic rings. The van der Waals surface area contributed by atoms with Crippen molar-refractivity contribution < 1.29 is 4.92 Å². The summed E-state index contributed by atoms with van der Waals surface area (Å²) in [4.78, 5) is 10.5. The van der Waals surface area contributed by atoms with Crippen molar-refractivity contribution in [2.45, 2.75) is 12.3 Å². The van der Waals surface area contributed by atoms with Gasteiger partial charge >= 0.3 is 0 Å². The summed E-state index contributed by atoms with van der Waals surface area (Å²) in [5, 5.41) is 14.0. The first-order valence-corrected chi connectivity index (χ1v) is 4.73. The van der Waals surface area contributed by atoms with Crippen LogP contribution in [0.5, 0.6) is 0 Å². The van der Waals surface area contributed by atoms with E-state index in [2.05, 4.69) is 5.32 Å². The lowest BCUT2D eigenvalue weighted by Crippen LogP contribution is -2.09. The van der Waals surface area contributed by atoms with Crippen LogP contribution in [0.1, 0.15) is 17.9 Å². The number of nitrogens with zero attached hydrogens (tertiary/aromatic N) is 1. The van der Waals surface area contributed by atoms with Gasteiger partial charge in [-0.25, -0.2) is 0 Å². The minimum atomic E-state index is -0.298. The van der Waals surface area contributed by atoms with Gasteiger partial charge in [0.25, 0.3) is 5.69 Å². The highest BCUT2D eigenvalue weighted by molar-refractivity contribution is 5.85. The Morgan fingerprint density at radius 1 is 1.40 bits per heavy atom. The molecule has 2 rings (SSSR count). The molecular weight excluding hydrogens is 216 g/mol. The van der Waals surface area contributed by atoms with Crippen LogP contribution < -0.4 is 5.32 Å². The fourth-order valence-corrected chi connectivity index (χ4v) is 1.92. The highest BCUT2D eigenvalue weighted by Crippen LogP contribution is 2.29. The van der Waals surface area contributed by atoms with E-state index in [1.807, 2.05) is 12.1 Å². The van der Waals surface area contributed by atoms with E-state index in [1.54, 1.807) is 12.1 Å². The monoisotopic (exact) mass is 228 g/mol. The van der Waals surface area contributed by atoms with Crippen molar-refractivity contribution in [2.75, 3.05) is 13.1 Å². The fourth-order valence-electron chi connectivity index (χ4n) is 1.92. The first kappa shape index (κ1) is 11.9. The second-order valence-electron chi connectivity index (χ2n) is 3.51. The molecule has 1 aromatic rings. The Morgan fingerprint density at radius 2 is 2.13 bits per heavy atom. The highest BCUT2D eigenvalue weighted by atomic mass is 35.5. The molecule has 82 valence electrons. The number of nitro benzene ring substituents is 1. The van der Waals surface area contributed by atoms with Gasteiger partial charge < -0.3 is 5.32 Å². The van der Waals surface area contributed by atoms with Crippen LogP contribution in [0.15, 0.2) is 24.3 Å². The summed E-state index contributed by atoms with van der Waals surface area (Å²) in [5.74, 6) is 0.302. The molecule has 4 nitrogen and oxygen atoms in total. The van der Waals surface area contributed by atoms with Crippen molar-refractivity contribution in [3.05, 3.63) is 39.9 Å². The molecular formula is C10H13ClN2O2. The molecule has 0 aliphatic carbocycles. The van der Waals surface area contributed by atoms with Gasteiger partial charge in [-0.1, -0.05) is 18.2 Å². The SMILES string of the molecule is Cl.O=[N+]([O-])c1ccccc1C1CCNC1. The highest BCUT2D eigenvalue weighted by Gasteiger charge is 2.23. The number of nitro groups is 1. The Kier molecular flexibility index (Phi) is 4.05. The minimum absolute atomic E-state index is 0. The van der Waals surface area contributed by atoms with E-state index in [1.165, 1.54) is 0 Å². The second-order valence-corrected chi connectivity index (χ2v) is 3.51. The summed E-state index contributed by atoms with van der Waals surface area (Å²) in [6.45, 7) is 1.81. The van der Waals surface area contributed by atoms with Crippen LogP contribution in [0.25, 0.3) is 0 Å². The number of hydrogen-bond donors (Lipinski definition) is 1. The number of para-hydroxylation sites is 1. The molecule has 0 amide bonds. The van der Waals surface area contributed by atoms with Crippen molar-refractivity contribution in [3.8, 4) is 0 Å². The molecule has 1 saturated heterocycles. The van der Waals surface area contributed by atoms with Gasteiger partial charge in [0.2, 0.25) is 0 Å². The lowest BCUT2D eigenvalue weighted by molar-refractivity contribution is -0.385. The minimum Gasteiger partial charge on any atom is -0.316 e. The molecule has 1 fully saturated rings. The largest absolute Gasteiger partial charge is 0.316 e. The van der Waals surface area contributed by atoms with Crippen molar-refractivity contribution in [2.24, 2.45) is 0 Å². The molecule has 15 heavy (non-hydrogen) atoms. The molecule has 1 aliphatic heterocycles. The lowest BCUT2D eigenvalue weighted by Gasteiger charge is -2.08. The van der Waals surface area contributed by atoms with E-state index in [0.717, 1.165) is 25.1 Å². The van der Waals surface area contributed by atoms with Crippen molar-refractivity contribution >= 4 is 18.1 Å². The summed E-state index contributed by atoms with van der Waals surface area (Å²) < 4.78 is 0. The Balaban J connectivity index is 0.00000112. The summed E-state index contributed by atoms with van der Waals surface area (Å²) in [6.07, 6.45) is 0.991. The van der Waals surface area contributed by atoms with E-state index in [0.29, 0.717) is 5.92 Å². The summed E-state index contributed by atoms with van der Waals surface area (Å²) >= 11 is 0. The zero-order valence-corrected chi connectivity index (χ0v) is 9.00. The Bertz CT molecular complexity index is 351. The molecule has 1 unspecified atom stereocenters. The molecule has 1 heterocycles. The average Bonchev–Trinajstić information content (AvgIpc) is 2.70. The van der Waals surface area contributed by atoms with Crippen molar-refractivity contribution in [1.82, 2.24) is 5.32 Å².